The molecule has 26 heavy (non-hydrogen) atoms. The van der Waals surface area contributed by atoms with E-state index in [0.29, 0.717) is 5.95 Å². The Hall–Kier alpha value is -2.96. The second-order valence-electron chi connectivity index (χ2n) is 6.70. The number of benzene rings is 1. The lowest BCUT2D eigenvalue weighted by atomic mass is 10.1. The van der Waals surface area contributed by atoms with Gasteiger partial charge in [0.15, 0.2) is 0 Å². The van der Waals surface area contributed by atoms with Crippen molar-refractivity contribution in [3.63, 3.8) is 0 Å². The van der Waals surface area contributed by atoms with Crippen molar-refractivity contribution in [1.82, 2.24) is 24.7 Å². The Morgan fingerprint density at radius 1 is 1.04 bits per heavy atom. The van der Waals surface area contributed by atoms with Crippen LogP contribution < -0.4 is 4.90 Å². The van der Waals surface area contributed by atoms with Gasteiger partial charge in [-0.15, -0.1) is 10.2 Å². The number of rotatable bonds is 4. The van der Waals surface area contributed by atoms with E-state index in [1.807, 2.05) is 26.1 Å². The van der Waals surface area contributed by atoms with Crippen molar-refractivity contribution in [1.29, 1.82) is 0 Å². The normalized spacial score (nSPS) is 15.1. The monoisotopic (exact) mass is 349 g/mol. The fourth-order valence-electron chi connectivity index (χ4n) is 3.33. The number of nitrogens with zero attached hydrogens (tertiary/aromatic N) is 7. The molecule has 0 bridgehead atoms. The zero-order valence-corrected chi connectivity index (χ0v) is 15.2. The minimum atomic E-state index is 0.580. The number of piperidine rings is 1. The van der Waals surface area contributed by atoms with Gasteiger partial charge in [-0.3, -0.25) is 0 Å². The van der Waals surface area contributed by atoms with Gasteiger partial charge in [0, 0.05) is 24.5 Å². The molecule has 3 heterocycles. The van der Waals surface area contributed by atoms with Crippen molar-refractivity contribution in [3.8, 4) is 5.95 Å². The van der Waals surface area contributed by atoms with Crippen molar-refractivity contribution in [3.05, 3.63) is 53.6 Å². The molecule has 1 aliphatic rings. The van der Waals surface area contributed by atoms with Gasteiger partial charge in [0.25, 0.3) is 5.95 Å². The molecule has 1 aliphatic heterocycles. The lowest BCUT2D eigenvalue weighted by Gasteiger charge is -2.28. The Labute approximate surface area is 153 Å². The number of anilines is 1. The average molecular weight is 349 g/mol. The quantitative estimate of drug-likeness (QED) is 0.679. The lowest BCUT2D eigenvalue weighted by Crippen LogP contribution is -2.29. The van der Waals surface area contributed by atoms with Gasteiger partial charge in [-0.2, -0.15) is 14.9 Å². The van der Waals surface area contributed by atoms with E-state index < -0.39 is 0 Å². The molecule has 0 unspecified atom stereocenters. The zero-order valence-electron chi connectivity index (χ0n) is 15.2. The molecule has 0 spiro atoms. The largest absolute Gasteiger partial charge is 0.372 e. The summed E-state index contributed by atoms with van der Waals surface area (Å²) in [6.07, 6.45) is 7.32. The predicted molar refractivity (Wildman–Crippen MR) is 102 cm³/mol. The van der Waals surface area contributed by atoms with E-state index in [9.17, 15) is 0 Å². The van der Waals surface area contributed by atoms with E-state index in [2.05, 4.69) is 49.6 Å². The van der Waals surface area contributed by atoms with Gasteiger partial charge in [0.2, 0.25) is 0 Å². The molecule has 0 saturated carbocycles. The van der Waals surface area contributed by atoms with Crippen molar-refractivity contribution >= 4 is 11.9 Å². The van der Waals surface area contributed by atoms with Crippen molar-refractivity contribution in [2.24, 2.45) is 5.10 Å². The van der Waals surface area contributed by atoms with E-state index in [4.69, 9.17) is 0 Å². The third kappa shape index (κ3) is 3.37. The molecule has 0 amide bonds. The molecule has 7 heteroatoms. The topological polar surface area (TPSA) is 64.1 Å². The molecular weight excluding hydrogens is 326 g/mol. The molecule has 1 saturated heterocycles. The fourth-order valence-corrected chi connectivity index (χ4v) is 3.33. The van der Waals surface area contributed by atoms with Gasteiger partial charge < -0.3 is 4.90 Å². The average Bonchev–Trinajstić information content (AvgIpc) is 3.26. The minimum Gasteiger partial charge on any atom is -0.372 e. The highest BCUT2D eigenvalue weighted by Gasteiger charge is 2.11. The zero-order chi connectivity index (χ0) is 17.9. The van der Waals surface area contributed by atoms with Crippen LogP contribution in [0.15, 0.2) is 41.8 Å². The molecule has 1 fully saturated rings. The summed E-state index contributed by atoms with van der Waals surface area (Å²) in [5, 5.41) is 17.1. The molecule has 0 N–H and O–H groups in total. The standard InChI is InChI=1S/C19H23N7/c1-15-12-16(2)26(23-15)19-22-20-14-25(19)21-13-17-6-8-18(9-7-17)24-10-4-3-5-11-24/h6-9,12-14H,3-5,10-11H2,1-2H3/b21-13-. The van der Waals surface area contributed by atoms with Gasteiger partial charge in [0.05, 0.1) is 11.9 Å². The van der Waals surface area contributed by atoms with Crippen LogP contribution >= 0.6 is 0 Å². The van der Waals surface area contributed by atoms with Crippen LogP contribution in [-0.2, 0) is 0 Å². The number of aryl methyl sites for hydroxylation is 2. The maximum Gasteiger partial charge on any atom is 0.273 e. The van der Waals surface area contributed by atoms with Crippen LogP contribution in [0.2, 0.25) is 0 Å². The van der Waals surface area contributed by atoms with Gasteiger partial charge in [0.1, 0.15) is 6.33 Å². The highest BCUT2D eigenvalue weighted by atomic mass is 15.5. The van der Waals surface area contributed by atoms with Crippen LogP contribution in [0.3, 0.4) is 0 Å². The summed E-state index contributed by atoms with van der Waals surface area (Å²) in [6, 6.07) is 10.5. The molecule has 3 aromatic rings. The Bertz CT molecular complexity index is 898. The van der Waals surface area contributed by atoms with Gasteiger partial charge in [-0.25, -0.2) is 4.68 Å². The summed E-state index contributed by atoms with van der Waals surface area (Å²) >= 11 is 0. The summed E-state index contributed by atoms with van der Waals surface area (Å²) in [7, 11) is 0. The van der Waals surface area contributed by atoms with Crippen LogP contribution in [0, 0.1) is 13.8 Å². The highest BCUT2D eigenvalue weighted by molar-refractivity contribution is 5.80. The summed E-state index contributed by atoms with van der Waals surface area (Å²) in [4.78, 5) is 2.45. The van der Waals surface area contributed by atoms with E-state index in [1.165, 1.54) is 24.9 Å². The maximum atomic E-state index is 4.50. The highest BCUT2D eigenvalue weighted by Crippen LogP contribution is 2.19. The van der Waals surface area contributed by atoms with Crippen molar-refractivity contribution in [2.45, 2.75) is 33.1 Å². The Kier molecular flexibility index (Phi) is 4.51. The third-order valence-corrected chi connectivity index (χ3v) is 4.66. The van der Waals surface area contributed by atoms with Gasteiger partial charge in [-0.05, 0) is 56.9 Å². The first-order chi connectivity index (χ1) is 12.7. The second-order valence-corrected chi connectivity index (χ2v) is 6.70. The molecule has 7 nitrogen and oxygen atoms in total. The fraction of sp³-hybridized carbons (Fsp3) is 0.368. The number of aromatic nitrogens is 5. The first kappa shape index (κ1) is 16.5. The van der Waals surface area contributed by atoms with E-state index >= 15 is 0 Å². The van der Waals surface area contributed by atoms with Crippen LogP contribution in [0.1, 0.15) is 36.2 Å². The van der Waals surface area contributed by atoms with E-state index in [0.717, 1.165) is 30.0 Å². The summed E-state index contributed by atoms with van der Waals surface area (Å²) in [6.45, 7) is 6.25. The van der Waals surface area contributed by atoms with Crippen LogP contribution in [-0.4, -0.2) is 44.0 Å². The van der Waals surface area contributed by atoms with Crippen LogP contribution in [0.5, 0.6) is 0 Å². The smallest absolute Gasteiger partial charge is 0.273 e. The molecule has 0 radical (unpaired) electrons. The van der Waals surface area contributed by atoms with Crippen molar-refractivity contribution < 1.29 is 0 Å². The molecule has 0 atom stereocenters. The Morgan fingerprint density at radius 2 is 1.81 bits per heavy atom. The van der Waals surface area contributed by atoms with E-state index in [1.54, 1.807) is 15.7 Å². The third-order valence-electron chi connectivity index (χ3n) is 4.66. The van der Waals surface area contributed by atoms with Crippen molar-refractivity contribution in [2.75, 3.05) is 18.0 Å². The summed E-state index contributed by atoms with van der Waals surface area (Å²) in [5.74, 6) is 0.580. The second kappa shape index (κ2) is 7.11. The first-order valence-corrected chi connectivity index (χ1v) is 9.04. The Balaban J connectivity index is 1.52. The number of hydrogen-bond acceptors (Lipinski definition) is 5. The van der Waals surface area contributed by atoms with Gasteiger partial charge in [-0.1, -0.05) is 12.1 Å². The maximum absolute atomic E-state index is 4.50. The summed E-state index contributed by atoms with van der Waals surface area (Å²) in [5.41, 5.74) is 4.26. The molecule has 0 aliphatic carbocycles. The SMILES string of the molecule is Cc1cc(C)n(-c2nncn2/N=C\c2ccc(N3CCCCC3)cc2)n1. The first-order valence-electron chi connectivity index (χ1n) is 9.04. The molecule has 4 rings (SSSR count). The predicted octanol–water partition coefficient (Wildman–Crippen LogP) is 2.95. The number of hydrogen-bond donors (Lipinski definition) is 0. The summed E-state index contributed by atoms with van der Waals surface area (Å²) < 4.78 is 3.39. The lowest BCUT2D eigenvalue weighted by molar-refractivity contribution is 0.578. The Morgan fingerprint density at radius 3 is 2.50 bits per heavy atom. The molecular formula is C19H23N7. The van der Waals surface area contributed by atoms with E-state index in [-0.39, 0.29) is 0 Å². The molecule has 2 aromatic heterocycles. The minimum absolute atomic E-state index is 0.580. The molecule has 1 aromatic carbocycles. The molecule has 134 valence electrons. The van der Waals surface area contributed by atoms with Crippen LogP contribution in [0.25, 0.3) is 5.95 Å². The van der Waals surface area contributed by atoms with Gasteiger partial charge >= 0.3 is 0 Å². The van der Waals surface area contributed by atoms with Crippen LogP contribution in [0.4, 0.5) is 5.69 Å².